The van der Waals surface area contributed by atoms with Gasteiger partial charge < -0.3 is 0 Å². The smallest absolute Gasteiger partial charge is 0.0236 e. The number of nitrogens with zero attached hydrogens (tertiary/aromatic N) is 1. The van der Waals surface area contributed by atoms with Crippen LogP contribution >= 0.6 is 0 Å². The summed E-state index contributed by atoms with van der Waals surface area (Å²) in [6.45, 7) is 12.3. The predicted molar refractivity (Wildman–Crippen MR) is 75.1 cm³/mol. The Morgan fingerprint density at radius 1 is 1.24 bits per heavy atom. The minimum atomic E-state index is 0.768. The van der Waals surface area contributed by atoms with Crippen molar-refractivity contribution in [1.29, 1.82) is 0 Å². The molecule has 0 bridgehead atoms. The predicted octanol–water partition coefficient (Wildman–Crippen LogP) is 3.92. The Morgan fingerprint density at radius 3 is 2.53 bits per heavy atom. The average molecular weight is 232 g/mol. The van der Waals surface area contributed by atoms with E-state index in [4.69, 9.17) is 0 Å². The summed E-state index contributed by atoms with van der Waals surface area (Å²) >= 11 is 0. The maximum atomic E-state index is 3.42. The fourth-order valence-corrected chi connectivity index (χ4v) is 2.01. The lowest BCUT2D eigenvalue weighted by Gasteiger charge is -2.20. The summed E-state index contributed by atoms with van der Waals surface area (Å²) in [5, 5.41) is 0. The molecule has 0 saturated heterocycles. The molecule has 0 saturated carbocycles. The zero-order valence-corrected chi connectivity index (χ0v) is 11.8. The summed E-state index contributed by atoms with van der Waals surface area (Å²) in [6.07, 6.45) is 2.42. The van der Waals surface area contributed by atoms with Gasteiger partial charge in [-0.3, -0.25) is 4.90 Å². The van der Waals surface area contributed by atoms with E-state index in [9.17, 15) is 0 Å². The first kappa shape index (κ1) is 14.2. The average Bonchev–Trinajstić information content (AvgIpc) is 2.34. The summed E-state index contributed by atoms with van der Waals surface area (Å²) in [7, 11) is 0. The first-order chi connectivity index (χ1) is 8.17. The van der Waals surface area contributed by atoms with Crippen molar-refractivity contribution < 1.29 is 0 Å². The van der Waals surface area contributed by atoms with E-state index >= 15 is 0 Å². The molecule has 1 radical (unpaired) electrons. The fourth-order valence-electron chi connectivity index (χ4n) is 2.01. The molecule has 95 valence electrons. The molecule has 0 unspecified atom stereocenters. The Hall–Kier alpha value is -0.820. The van der Waals surface area contributed by atoms with E-state index in [0.29, 0.717) is 0 Å². The van der Waals surface area contributed by atoms with Gasteiger partial charge in [0.1, 0.15) is 0 Å². The third-order valence-electron chi connectivity index (χ3n) is 3.30. The SMILES string of the molecule is CCN(CC)Cc1ccc[c]c1CCC(C)C. The Kier molecular flexibility index (Phi) is 6.28. The van der Waals surface area contributed by atoms with Gasteiger partial charge in [0.15, 0.2) is 0 Å². The highest BCUT2D eigenvalue weighted by molar-refractivity contribution is 5.26. The second kappa shape index (κ2) is 7.50. The first-order valence-electron chi connectivity index (χ1n) is 6.88. The van der Waals surface area contributed by atoms with Crippen LogP contribution in [0.4, 0.5) is 0 Å². The van der Waals surface area contributed by atoms with E-state index in [2.05, 4.69) is 50.8 Å². The Balaban J connectivity index is 2.69. The van der Waals surface area contributed by atoms with E-state index in [1.54, 1.807) is 0 Å². The zero-order chi connectivity index (χ0) is 12.7. The van der Waals surface area contributed by atoms with Crippen molar-refractivity contribution in [2.45, 2.75) is 47.1 Å². The molecule has 0 aliphatic rings. The molecule has 0 spiro atoms. The van der Waals surface area contributed by atoms with Crippen molar-refractivity contribution in [1.82, 2.24) is 4.90 Å². The van der Waals surface area contributed by atoms with Gasteiger partial charge in [0.05, 0.1) is 0 Å². The van der Waals surface area contributed by atoms with Crippen LogP contribution in [-0.2, 0) is 13.0 Å². The Labute approximate surface area is 107 Å². The molecular formula is C16H26N. The summed E-state index contributed by atoms with van der Waals surface area (Å²) < 4.78 is 0. The summed E-state index contributed by atoms with van der Waals surface area (Å²) in [5.74, 6) is 0.768. The Bertz CT molecular complexity index is 313. The molecule has 0 aliphatic heterocycles. The molecule has 1 aromatic rings. The standard InChI is InChI=1S/C16H26N/c1-5-17(6-2)13-16-10-8-7-9-15(16)12-11-14(3)4/h7-8,10,14H,5-6,11-13H2,1-4H3. The van der Waals surface area contributed by atoms with Crippen molar-refractivity contribution in [2.75, 3.05) is 13.1 Å². The molecule has 1 rings (SSSR count). The molecule has 0 amide bonds. The second-order valence-electron chi connectivity index (χ2n) is 5.07. The topological polar surface area (TPSA) is 3.24 Å². The highest BCUT2D eigenvalue weighted by Crippen LogP contribution is 2.15. The van der Waals surface area contributed by atoms with Gasteiger partial charge in [0.25, 0.3) is 0 Å². The van der Waals surface area contributed by atoms with Crippen LogP contribution in [-0.4, -0.2) is 18.0 Å². The van der Waals surface area contributed by atoms with Crippen LogP contribution < -0.4 is 0 Å². The fraction of sp³-hybridized carbons (Fsp3) is 0.625. The van der Waals surface area contributed by atoms with Crippen molar-refractivity contribution in [3.63, 3.8) is 0 Å². The van der Waals surface area contributed by atoms with Crippen LogP contribution in [0.5, 0.6) is 0 Å². The van der Waals surface area contributed by atoms with Gasteiger partial charge in [-0.15, -0.1) is 0 Å². The number of rotatable bonds is 7. The van der Waals surface area contributed by atoms with Crippen molar-refractivity contribution >= 4 is 0 Å². The molecule has 0 fully saturated rings. The van der Waals surface area contributed by atoms with Gasteiger partial charge in [0, 0.05) is 6.54 Å². The van der Waals surface area contributed by atoms with E-state index in [0.717, 1.165) is 32.0 Å². The molecule has 0 heterocycles. The van der Waals surface area contributed by atoms with Gasteiger partial charge in [-0.1, -0.05) is 45.9 Å². The van der Waals surface area contributed by atoms with Gasteiger partial charge in [-0.25, -0.2) is 0 Å². The molecule has 1 aromatic carbocycles. The van der Waals surface area contributed by atoms with Crippen LogP contribution in [0.15, 0.2) is 18.2 Å². The Morgan fingerprint density at radius 2 is 1.94 bits per heavy atom. The van der Waals surface area contributed by atoms with E-state index in [1.807, 2.05) is 6.07 Å². The van der Waals surface area contributed by atoms with Gasteiger partial charge in [-0.2, -0.15) is 0 Å². The van der Waals surface area contributed by atoms with Crippen LogP contribution in [0.3, 0.4) is 0 Å². The number of benzene rings is 1. The molecule has 0 atom stereocenters. The molecule has 0 N–H and O–H groups in total. The maximum absolute atomic E-state index is 3.42. The van der Waals surface area contributed by atoms with E-state index < -0.39 is 0 Å². The lowest BCUT2D eigenvalue weighted by atomic mass is 9.98. The lowest BCUT2D eigenvalue weighted by molar-refractivity contribution is 0.295. The molecule has 17 heavy (non-hydrogen) atoms. The van der Waals surface area contributed by atoms with Gasteiger partial charge >= 0.3 is 0 Å². The zero-order valence-electron chi connectivity index (χ0n) is 11.8. The highest BCUT2D eigenvalue weighted by atomic mass is 15.1. The van der Waals surface area contributed by atoms with Crippen molar-refractivity contribution in [3.8, 4) is 0 Å². The van der Waals surface area contributed by atoms with Crippen LogP contribution in [0, 0.1) is 12.0 Å². The summed E-state index contributed by atoms with van der Waals surface area (Å²) in [5.41, 5.74) is 2.87. The van der Waals surface area contributed by atoms with Crippen LogP contribution in [0.1, 0.15) is 45.2 Å². The first-order valence-corrected chi connectivity index (χ1v) is 6.88. The van der Waals surface area contributed by atoms with Crippen LogP contribution in [0.25, 0.3) is 0 Å². The molecule has 1 heteroatoms. The summed E-state index contributed by atoms with van der Waals surface area (Å²) in [4.78, 5) is 2.46. The number of hydrogen-bond acceptors (Lipinski definition) is 1. The number of hydrogen-bond donors (Lipinski definition) is 0. The third kappa shape index (κ3) is 4.91. The van der Waals surface area contributed by atoms with Crippen LogP contribution in [0.2, 0.25) is 0 Å². The van der Waals surface area contributed by atoms with E-state index in [-0.39, 0.29) is 0 Å². The lowest BCUT2D eigenvalue weighted by Crippen LogP contribution is -2.22. The maximum Gasteiger partial charge on any atom is 0.0236 e. The van der Waals surface area contributed by atoms with Crippen molar-refractivity contribution in [2.24, 2.45) is 5.92 Å². The van der Waals surface area contributed by atoms with Crippen molar-refractivity contribution in [3.05, 3.63) is 35.4 Å². The van der Waals surface area contributed by atoms with E-state index in [1.165, 1.54) is 17.5 Å². The minimum absolute atomic E-state index is 0.768. The molecular weight excluding hydrogens is 206 g/mol. The largest absolute Gasteiger partial charge is 0.300 e. The van der Waals surface area contributed by atoms with Gasteiger partial charge in [0.2, 0.25) is 0 Å². The van der Waals surface area contributed by atoms with Gasteiger partial charge in [-0.05, 0) is 49.0 Å². The molecule has 1 nitrogen and oxygen atoms in total. The number of aryl methyl sites for hydroxylation is 1. The second-order valence-corrected chi connectivity index (χ2v) is 5.07. The monoisotopic (exact) mass is 232 g/mol. The molecule has 0 aliphatic carbocycles. The minimum Gasteiger partial charge on any atom is -0.300 e. The summed E-state index contributed by atoms with van der Waals surface area (Å²) in [6, 6.07) is 9.83. The normalized spacial score (nSPS) is 11.4. The quantitative estimate of drug-likeness (QED) is 0.689. The third-order valence-corrected chi connectivity index (χ3v) is 3.30. The molecule has 0 aromatic heterocycles. The highest BCUT2D eigenvalue weighted by Gasteiger charge is 2.06.